The minimum Gasteiger partial charge on any atom is -0.726 e. The van der Waals surface area contributed by atoms with Gasteiger partial charge < -0.3 is 4.55 Å². The second-order valence-electron chi connectivity index (χ2n) is 9.82. The molecule has 0 heterocycles. The molecule has 1 unspecified atom stereocenters. The van der Waals surface area contributed by atoms with Gasteiger partial charge in [0.2, 0.25) is 10.4 Å². The average Bonchev–Trinajstić information content (AvgIpc) is 2.78. The summed E-state index contributed by atoms with van der Waals surface area (Å²) in [5, 5.41) is 0. The van der Waals surface area contributed by atoms with Crippen molar-refractivity contribution in [2.75, 3.05) is 6.61 Å². The Balaban J connectivity index is 0. The topological polar surface area (TPSA) is 66.4 Å². The predicted molar refractivity (Wildman–Crippen MR) is 141 cm³/mol. The normalized spacial score (nSPS) is 12.8. The molecule has 0 radical (unpaired) electrons. The summed E-state index contributed by atoms with van der Waals surface area (Å²) in [6, 6.07) is 0. The van der Waals surface area contributed by atoms with Crippen LogP contribution in [0.4, 0.5) is 0 Å². The fourth-order valence-corrected chi connectivity index (χ4v) is 4.68. The van der Waals surface area contributed by atoms with Gasteiger partial charge >= 0.3 is 29.6 Å². The molecule has 0 aliphatic rings. The van der Waals surface area contributed by atoms with Crippen molar-refractivity contribution in [2.24, 2.45) is 5.92 Å². The average molecular weight is 511 g/mol. The molecule has 0 aromatic heterocycles. The molecule has 0 N–H and O–H groups in total. The van der Waals surface area contributed by atoms with Crippen LogP contribution in [0.2, 0.25) is 0 Å². The van der Waals surface area contributed by atoms with E-state index < -0.39 is 10.4 Å². The summed E-state index contributed by atoms with van der Waals surface area (Å²) >= 11 is 0. The molecule has 0 saturated heterocycles. The Morgan fingerprint density at radius 2 is 1.03 bits per heavy atom. The maximum Gasteiger partial charge on any atom is 1.00 e. The molecule has 4 nitrogen and oxygen atoms in total. The van der Waals surface area contributed by atoms with Gasteiger partial charge in [0.15, 0.2) is 0 Å². The third-order valence-electron chi connectivity index (χ3n) is 6.49. The van der Waals surface area contributed by atoms with E-state index in [1.165, 1.54) is 122 Å². The van der Waals surface area contributed by atoms with Crippen LogP contribution in [0.3, 0.4) is 0 Å². The Hall–Kier alpha value is 0.610. The molecule has 0 rings (SSSR count). The van der Waals surface area contributed by atoms with E-state index >= 15 is 0 Å². The fraction of sp³-hybridized carbons (Fsp3) is 0.929. The molecule has 0 aromatic rings. The third kappa shape index (κ3) is 30.6. The molecule has 0 bridgehead atoms. The second kappa shape index (κ2) is 28.2. The zero-order valence-corrected chi connectivity index (χ0v) is 25.9. The van der Waals surface area contributed by atoms with Crippen LogP contribution < -0.4 is 29.6 Å². The number of hydrogen-bond acceptors (Lipinski definition) is 4. The Labute approximate surface area is 235 Å². The quantitative estimate of drug-likeness (QED) is 0.0453. The molecule has 198 valence electrons. The van der Waals surface area contributed by atoms with Crippen molar-refractivity contribution in [1.82, 2.24) is 0 Å². The zero-order chi connectivity index (χ0) is 24.5. The van der Waals surface area contributed by atoms with Gasteiger partial charge in [-0.05, 0) is 19.3 Å². The summed E-state index contributed by atoms with van der Waals surface area (Å²) in [5.41, 5.74) is 0. The predicted octanol–water partition coefficient (Wildman–Crippen LogP) is 6.26. The summed E-state index contributed by atoms with van der Waals surface area (Å²) < 4.78 is 37.1. The number of rotatable bonds is 26. The first kappa shape index (κ1) is 36.8. The third-order valence-corrected chi connectivity index (χ3v) is 6.91. The molecule has 0 aliphatic heterocycles. The van der Waals surface area contributed by atoms with Crippen molar-refractivity contribution in [2.45, 2.75) is 155 Å². The van der Waals surface area contributed by atoms with E-state index in [-0.39, 0.29) is 42.1 Å². The molecule has 34 heavy (non-hydrogen) atoms. The molecule has 0 aliphatic carbocycles. The number of hydrogen-bond donors (Lipinski definition) is 0. The maximum atomic E-state index is 10.9. The monoisotopic (exact) mass is 510 g/mol. The van der Waals surface area contributed by atoms with Crippen molar-refractivity contribution < 1.29 is 46.7 Å². The van der Waals surface area contributed by atoms with E-state index in [4.69, 9.17) is 0 Å². The van der Waals surface area contributed by atoms with Crippen LogP contribution in [0.15, 0.2) is 12.2 Å². The van der Waals surface area contributed by atoms with Gasteiger partial charge in [-0.2, -0.15) is 0 Å². The van der Waals surface area contributed by atoms with E-state index in [1.54, 1.807) is 0 Å². The van der Waals surface area contributed by atoms with Crippen LogP contribution in [0.5, 0.6) is 0 Å². The first-order valence-corrected chi connectivity index (χ1v) is 15.6. The molecule has 6 heteroatoms. The van der Waals surface area contributed by atoms with E-state index in [1.807, 2.05) is 0 Å². The largest absolute Gasteiger partial charge is 1.00 e. The van der Waals surface area contributed by atoms with E-state index in [2.05, 4.69) is 30.2 Å². The Bertz CT molecular complexity index is 522. The van der Waals surface area contributed by atoms with Gasteiger partial charge in [0.1, 0.15) is 0 Å². The molecule has 0 saturated carbocycles. The minimum absolute atomic E-state index is 0. The summed E-state index contributed by atoms with van der Waals surface area (Å²) in [6.07, 6.45) is 32.2. The molecule has 0 aromatic carbocycles. The van der Waals surface area contributed by atoms with Crippen LogP contribution in [-0.4, -0.2) is 19.6 Å². The van der Waals surface area contributed by atoms with Gasteiger partial charge in [-0.25, -0.2) is 8.42 Å². The first-order valence-electron chi connectivity index (χ1n) is 14.3. The van der Waals surface area contributed by atoms with Gasteiger partial charge in [0, 0.05) is 5.92 Å². The summed E-state index contributed by atoms with van der Waals surface area (Å²) in [6.45, 7) is 4.49. The van der Waals surface area contributed by atoms with Gasteiger partial charge in [0.25, 0.3) is 0 Å². The van der Waals surface area contributed by atoms with Gasteiger partial charge in [-0.1, -0.05) is 148 Å². The van der Waals surface area contributed by atoms with Gasteiger partial charge in [0.05, 0.1) is 6.61 Å². The standard InChI is InChI=1S/C28H56O4S.Na/c1-3-5-7-9-11-13-15-17-19-21-23-25-28(27-32-33(29,30)31)26-24-22-20-18-16-14-12-10-8-6-4-2;/h23,25,28H,3-22,24,26-27H2,1-2H3,(H,29,30,31);/q;+1/p-1/b25-23+;. The first-order chi connectivity index (χ1) is 16.0. The van der Waals surface area contributed by atoms with Crippen molar-refractivity contribution in [3.8, 4) is 0 Å². The number of unbranched alkanes of at least 4 members (excludes halogenated alkanes) is 19. The van der Waals surface area contributed by atoms with Crippen LogP contribution in [0.25, 0.3) is 0 Å². The Morgan fingerprint density at radius 1 is 0.647 bits per heavy atom. The zero-order valence-electron chi connectivity index (χ0n) is 23.0. The summed E-state index contributed by atoms with van der Waals surface area (Å²) in [4.78, 5) is 0. The molecular formula is C28H55NaO4S. The van der Waals surface area contributed by atoms with Crippen LogP contribution in [0, 0.1) is 5.92 Å². The minimum atomic E-state index is -4.61. The number of allylic oxidation sites excluding steroid dienone is 1. The van der Waals surface area contributed by atoms with E-state index in [9.17, 15) is 13.0 Å². The van der Waals surface area contributed by atoms with Gasteiger partial charge in [-0.15, -0.1) is 0 Å². The van der Waals surface area contributed by atoms with Gasteiger partial charge in [-0.3, -0.25) is 4.18 Å². The molecular weight excluding hydrogens is 455 g/mol. The van der Waals surface area contributed by atoms with Crippen molar-refractivity contribution in [3.63, 3.8) is 0 Å². The van der Waals surface area contributed by atoms with E-state index in [0.717, 1.165) is 19.3 Å². The molecule has 0 fully saturated rings. The molecule has 0 amide bonds. The van der Waals surface area contributed by atoms with Crippen LogP contribution in [0.1, 0.15) is 155 Å². The smallest absolute Gasteiger partial charge is 0.726 e. The summed E-state index contributed by atoms with van der Waals surface area (Å²) in [7, 11) is -4.61. The Kier molecular flexibility index (Phi) is 30.5. The molecule has 0 spiro atoms. The Morgan fingerprint density at radius 3 is 1.44 bits per heavy atom. The van der Waals surface area contributed by atoms with Crippen molar-refractivity contribution in [1.29, 1.82) is 0 Å². The summed E-state index contributed by atoms with van der Waals surface area (Å²) in [5.74, 6) is 0.0193. The van der Waals surface area contributed by atoms with Crippen molar-refractivity contribution in [3.05, 3.63) is 12.2 Å². The molecule has 1 atom stereocenters. The SMILES string of the molecule is CCCCCCCCCCC/C=C/C(CCCCCCCCCCCCC)COS(=O)(=O)[O-].[Na+]. The maximum absolute atomic E-state index is 10.9. The van der Waals surface area contributed by atoms with Crippen molar-refractivity contribution >= 4 is 10.4 Å². The van der Waals surface area contributed by atoms with Crippen LogP contribution in [-0.2, 0) is 14.6 Å². The fourth-order valence-electron chi connectivity index (χ4n) is 4.34. The second-order valence-corrected chi connectivity index (χ2v) is 10.9. The van der Waals surface area contributed by atoms with Crippen LogP contribution >= 0.6 is 0 Å². The van der Waals surface area contributed by atoms with E-state index in [0.29, 0.717) is 0 Å².